The number of para-hydroxylation sites is 1. The van der Waals surface area contributed by atoms with Crippen LogP contribution in [0.1, 0.15) is 15.9 Å². The topological polar surface area (TPSA) is 52.6 Å². The van der Waals surface area contributed by atoms with E-state index in [9.17, 15) is 9.90 Å². The first-order valence-corrected chi connectivity index (χ1v) is 6.52. The zero-order chi connectivity index (χ0) is 14.2. The summed E-state index contributed by atoms with van der Waals surface area (Å²) in [6.45, 7) is 0.246. The average molecular weight is 268 g/mol. The minimum absolute atomic E-state index is 0.155. The fraction of sp³-hybridized carbons (Fsp3) is 0.188. The van der Waals surface area contributed by atoms with Crippen LogP contribution >= 0.6 is 0 Å². The van der Waals surface area contributed by atoms with Gasteiger partial charge >= 0.3 is 0 Å². The molecule has 4 heteroatoms. The fourth-order valence-electron chi connectivity index (χ4n) is 2.54. The molecule has 2 N–H and O–H groups in total. The Morgan fingerprint density at radius 2 is 1.75 bits per heavy atom. The molecule has 1 atom stereocenters. The maximum Gasteiger partial charge on any atom is 0.256 e. The summed E-state index contributed by atoms with van der Waals surface area (Å²) < 4.78 is 0. The number of fused-ring (bicyclic) bond motifs is 1. The van der Waals surface area contributed by atoms with Crippen molar-refractivity contribution in [3.8, 4) is 0 Å². The second-order valence-corrected chi connectivity index (χ2v) is 4.95. The van der Waals surface area contributed by atoms with Crippen LogP contribution in [0.4, 0.5) is 5.69 Å². The predicted octanol–water partition coefficient (Wildman–Crippen LogP) is 2.03. The van der Waals surface area contributed by atoms with Gasteiger partial charge in [0.2, 0.25) is 0 Å². The Bertz CT molecular complexity index is 642. The number of aliphatic hydroxyl groups is 1. The van der Waals surface area contributed by atoms with Crippen LogP contribution in [0.5, 0.6) is 0 Å². The molecule has 102 valence electrons. The summed E-state index contributed by atoms with van der Waals surface area (Å²) in [7, 11) is 1.62. The zero-order valence-corrected chi connectivity index (χ0v) is 11.2. The van der Waals surface area contributed by atoms with Crippen LogP contribution in [0, 0.1) is 0 Å². The van der Waals surface area contributed by atoms with Gasteiger partial charge in [0.25, 0.3) is 5.91 Å². The smallest absolute Gasteiger partial charge is 0.256 e. The van der Waals surface area contributed by atoms with E-state index in [2.05, 4.69) is 5.32 Å². The average Bonchev–Trinajstić information content (AvgIpc) is 2.69. The lowest BCUT2D eigenvalue weighted by Gasteiger charge is -2.32. The summed E-state index contributed by atoms with van der Waals surface area (Å²) in [6.07, 6.45) is 0. The molecule has 0 saturated heterocycles. The maximum atomic E-state index is 12.2. The molecule has 3 rings (SSSR count). The number of likely N-dealkylation sites (N-methyl/N-ethyl adjacent to an activating group) is 1. The first-order valence-electron chi connectivity index (χ1n) is 6.52. The SMILES string of the molecule is CN1C(=O)c2ccccc2C1(O)CNc1ccccc1. The van der Waals surface area contributed by atoms with Gasteiger partial charge in [0.05, 0.1) is 6.54 Å². The molecule has 1 unspecified atom stereocenters. The Morgan fingerprint density at radius 1 is 1.10 bits per heavy atom. The number of benzene rings is 2. The molecular formula is C16H16N2O2. The number of nitrogens with one attached hydrogen (secondary N) is 1. The quantitative estimate of drug-likeness (QED) is 0.895. The lowest BCUT2D eigenvalue weighted by molar-refractivity contribution is -0.0605. The standard InChI is InChI=1S/C16H16N2O2/c1-18-15(19)13-9-5-6-10-14(13)16(18,20)11-17-12-7-3-2-4-8-12/h2-10,17,20H,11H2,1H3. The molecule has 0 aliphatic carbocycles. The van der Waals surface area contributed by atoms with Gasteiger partial charge in [-0.1, -0.05) is 36.4 Å². The van der Waals surface area contributed by atoms with E-state index >= 15 is 0 Å². The van der Waals surface area contributed by atoms with Crippen molar-refractivity contribution in [3.05, 3.63) is 65.7 Å². The van der Waals surface area contributed by atoms with Gasteiger partial charge in [0.1, 0.15) is 0 Å². The van der Waals surface area contributed by atoms with Crippen LogP contribution < -0.4 is 5.32 Å². The van der Waals surface area contributed by atoms with E-state index in [1.54, 1.807) is 25.2 Å². The van der Waals surface area contributed by atoms with Crippen LogP contribution in [-0.4, -0.2) is 29.5 Å². The van der Waals surface area contributed by atoms with E-state index in [4.69, 9.17) is 0 Å². The number of carbonyl (C=O) groups is 1. The summed E-state index contributed by atoms with van der Waals surface area (Å²) in [4.78, 5) is 13.5. The molecule has 4 nitrogen and oxygen atoms in total. The molecule has 0 fully saturated rings. The van der Waals surface area contributed by atoms with E-state index in [-0.39, 0.29) is 12.5 Å². The molecule has 0 spiro atoms. The minimum Gasteiger partial charge on any atom is -0.380 e. The van der Waals surface area contributed by atoms with E-state index in [0.717, 1.165) is 5.69 Å². The Morgan fingerprint density at radius 3 is 2.50 bits per heavy atom. The van der Waals surface area contributed by atoms with Gasteiger partial charge in [0, 0.05) is 23.9 Å². The molecule has 1 aliphatic heterocycles. The van der Waals surface area contributed by atoms with E-state index in [0.29, 0.717) is 11.1 Å². The van der Waals surface area contributed by atoms with Crippen LogP contribution in [-0.2, 0) is 5.72 Å². The number of anilines is 1. The van der Waals surface area contributed by atoms with Crippen molar-refractivity contribution >= 4 is 11.6 Å². The molecule has 0 radical (unpaired) electrons. The van der Waals surface area contributed by atoms with Gasteiger partial charge < -0.3 is 15.3 Å². The third-order valence-corrected chi connectivity index (χ3v) is 3.76. The van der Waals surface area contributed by atoms with Crippen LogP contribution in [0.2, 0.25) is 0 Å². The second kappa shape index (κ2) is 4.65. The first-order chi connectivity index (χ1) is 9.63. The van der Waals surface area contributed by atoms with Crippen molar-refractivity contribution in [1.29, 1.82) is 0 Å². The predicted molar refractivity (Wildman–Crippen MR) is 77.4 cm³/mol. The summed E-state index contributed by atoms with van der Waals surface area (Å²) in [5, 5.41) is 14.1. The number of carbonyl (C=O) groups excluding carboxylic acids is 1. The highest BCUT2D eigenvalue weighted by Crippen LogP contribution is 2.35. The maximum absolute atomic E-state index is 12.2. The van der Waals surface area contributed by atoms with Gasteiger partial charge in [-0.3, -0.25) is 4.79 Å². The highest BCUT2D eigenvalue weighted by Gasteiger charge is 2.46. The van der Waals surface area contributed by atoms with Crippen molar-refractivity contribution in [2.24, 2.45) is 0 Å². The minimum atomic E-state index is -1.32. The van der Waals surface area contributed by atoms with Crippen molar-refractivity contribution in [2.45, 2.75) is 5.72 Å². The summed E-state index contributed by atoms with van der Waals surface area (Å²) in [5.74, 6) is -0.155. The monoisotopic (exact) mass is 268 g/mol. The molecule has 0 bridgehead atoms. The molecule has 1 amide bonds. The Kier molecular flexibility index (Phi) is 2.95. The molecular weight excluding hydrogens is 252 g/mol. The second-order valence-electron chi connectivity index (χ2n) is 4.95. The molecule has 0 aromatic heterocycles. The number of hydrogen-bond acceptors (Lipinski definition) is 3. The fourth-order valence-corrected chi connectivity index (χ4v) is 2.54. The molecule has 20 heavy (non-hydrogen) atoms. The Balaban J connectivity index is 1.90. The van der Waals surface area contributed by atoms with Crippen LogP contribution in [0.3, 0.4) is 0 Å². The number of nitrogens with zero attached hydrogens (tertiary/aromatic N) is 1. The van der Waals surface area contributed by atoms with Gasteiger partial charge in [-0.25, -0.2) is 0 Å². The number of amides is 1. The van der Waals surface area contributed by atoms with Crippen molar-refractivity contribution in [1.82, 2.24) is 4.90 Å². The number of hydrogen-bond donors (Lipinski definition) is 2. The van der Waals surface area contributed by atoms with Gasteiger partial charge in [-0.15, -0.1) is 0 Å². The number of rotatable bonds is 3. The van der Waals surface area contributed by atoms with Gasteiger partial charge in [-0.2, -0.15) is 0 Å². The largest absolute Gasteiger partial charge is 0.380 e. The van der Waals surface area contributed by atoms with Crippen LogP contribution in [0.25, 0.3) is 0 Å². The molecule has 1 aliphatic rings. The highest BCUT2D eigenvalue weighted by atomic mass is 16.3. The van der Waals surface area contributed by atoms with Crippen LogP contribution in [0.15, 0.2) is 54.6 Å². The van der Waals surface area contributed by atoms with E-state index < -0.39 is 5.72 Å². The van der Waals surface area contributed by atoms with Crippen molar-refractivity contribution < 1.29 is 9.90 Å². The van der Waals surface area contributed by atoms with E-state index in [1.165, 1.54) is 4.90 Å². The third kappa shape index (κ3) is 1.85. The van der Waals surface area contributed by atoms with Gasteiger partial charge in [0.15, 0.2) is 5.72 Å². The Hall–Kier alpha value is -2.33. The molecule has 2 aromatic carbocycles. The molecule has 0 saturated carbocycles. The summed E-state index contributed by atoms with van der Waals surface area (Å²) in [6, 6.07) is 16.8. The van der Waals surface area contributed by atoms with Crippen molar-refractivity contribution in [2.75, 3.05) is 18.9 Å². The molecule has 1 heterocycles. The third-order valence-electron chi connectivity index (χ3n) is 3.76. The van der Waals surface area contributed by atoms with E-state index in [1.807, 2.05) is 36.4 Å². The summed E-state index contributed by atoms with van der Waals surface area (Å²) in [5.41, 5.74) is 0.804. The highest BCUT2D eigenvalue weighted by molar-refractivity contribution is 5.99. The lowest BCUT2D eigenvalue weighted by Crippen LogP contribution is -2.46. The van der Waals surface area contributed by atoms with Crippen molar-refractivity contribution in [3.63, 3.8) is 0 Å². The first kappa shape index (κ1) is 12.7. The molecule has 2 aromatic rings. The zero-order valence-electron chi connectivity index (χ0n) is 11.2. The normalized spacial score (nSPS) is 20.9. The van der Waals surface area contributed by atoms with Gasteiger partial charge in [-0.05, 0) is 18.2 Å². The Labute approximate surface area is 117 Å². The summed E-state index contributed by atoms with van der Waals surface area (Å²) >= 11 is 0. The lowest BCUT2D eigenvalue weighted by atomic mass is 10.0.